The van der Waals surface area contributed by atoms with E-state index in [4.69, 9.17) is 9.47 Å². The zero-order chi connectivity index (χ0) is 8.97. The van der Waals surface area contributed by atoms with Gasteiger partial charge in [0.25, 0.3) is 0 Å². The van der Waals surface area contributed by atoms with E-state index >= 15 is 0 Å². The molecule has 0 amide bonds. The molecule has 1 aliphatic heterocycles. The molecule has 1 fully saturated rings. The van der Waals surface area contributed by atoms with Gasteiger partial charge in [-0.05, 0) is 12.2 Å². The van der Waals surface area contributed by atoms with Crippen molar-refractivity contribution in [2.75, 3.05) is 19.0 Å². The molecule has 70 valence electrons. The van der Waals surface area contributed by atoms with E-state index in [0.29, 0.717) is 6.61 Å². The predicted octanol–water partition coefficient (Wildman–Crippen LogP) is 0.884. The van der Waals surface area contributed by atoms with Gasteiger partial charge >= 0.3 is 5.97 Å². The highest BCUT2D eigenvalue weighted by Gasteiger charge is 2.25. The molecule has 2 unspecified atom stereocenters. The summed E-state index contributed by atoms with van der Waals surface area (Å²) in [5, 5.41) is 0. The first-order valence-electron chi connectivity index (χ1n) is 4.13. The Labute approximate surface area is 77.8 Å². The summed E-state index contributed by atoms with van der Waals surface area (Å²) in [5.41, 5.74) is 0. The van der Waals surface area contributed by atoms with Crippen LogP contribution in [-0.4, -0.2) is 31.0 Å². The third-order valence-electron chi connectivity index (χ3n) is 1.78. The molecular weight excluding hydrogens is 176 g/mol. The van der Waals surface area contributed by atoms with E-state index in [0.717, 1.165) is 18.8 Å². The van der Waals surface area contributed by atoms with E-state index in [-0.39, 0.29) is 18.0 Å². The van der Waals surface area contributed by atoms with Gasteiger partial charge in [0, 0.05) is 0 Å². The Balaban J connectivity index is 2.07. The van der Waals surface area contributed by atoms with E-state index in [1.807, 2.05) is 6.92 Å². The Kier molecular flexibility index (Phi) is 3.88. The van der Waals surface area contributed by atoms with Crippen molar-refractivity contribution in [2.24, 2.45) is 5.92 Å². The molecule has 0 bridgehead atoms. The van der Waals surface area contributed by atoms with Crippen LogP contribution in [0.15, 0.2) is 0 Å². The number of carbonyl (C=O) groups is 1. The fraction of sp³-hybridized carbons (Fsp3) is 0.875. The third-order valence-corrected chi connectivity index (χ3v) is 2.04. The Bertz CT molecular complexity index is 156. The number of hydrogen-bond donors (Lipinski definition) is 1. The molecule has 1 heterocycles. The summed E-state index contributed by atoms with van der Waals surface area (Å²) >= 11 is 4.04. The van der Waals surface area contributed by atoms with Crippen LogP contribution in [0.1, 0.15) is 13.3 Å². The van der Waals surface area contributed by atoms with Gasteiger partial charge in [0.15, 0.2) is 0 Å². The van der Waals surface area contributed by atoms with Crippen molar-refractivity contribution >= 4 is 18.6 Å². The summed E-state index contributed by atoms with van der Waals surface area (Å²) in [6.45, 7) is 3.00. The zero-order valence-electron chi connectivity index (χ0n) is 7.16. The normalized spacial score (nSPS) is 23.3. The molecular formula is C8H14O3S. The second-order valence-electron chi connectivity index (χ2n) is 3.00. The van der Waals surface area contributed by atoms with Gasteiger partial charge in [-0.2, -0.15) is 12.6 Å². The molecule has 4 heteroatoms. The lowest BCUT2D eigenvalue weighted by Crippen LogP contribution is -2.17. The molecule has 1 saturated heterocycles. The number of carbonyl (C=O) groups excluding carboxylic acids is 1. The molecule has 0 radical (unpaired) electrons. The largest absolute Gasteiger partial charge is 0.463 e. The molecule has 2 atom stereocenters. The molecule has 1 rings (SSSR count). The lowest BCUT2D eigenvalue weighted by molar-refractivity contribution is -0.148. The summed E-state index contributed by atoms with van der Waals surface area (Å²) in [6, 6.07) is 0. The molecule has 0 aliphatic carbocycles. The number of esters is 1. The maximum atomic E-state index is 11.2. The van der Waals surface area contributed by atoms with Crippen molar-refractivity contribution in [1.29, 1.82) is 0 Å². The number of rotatable bonds is 5. The van der Waals surface area contributed by atoms with Crippen LogP contribution in [0, 0.1) is 5.92 Å². The molecule has 0 N–H and O–H groups in total. The minimum atomic E-state index is -0.139. The first-order valence-corrected chi connectivity index (χ1v) is 4.76. The van der Waals surface area contributed by atoms with Crippen LogP contribution in [0.4, 0.5) is 0 Å². The fourth-order valence-electron chi connectivity index (χ4n) is 0.793. The first kappa shape index (κ1) is 9.86. The number of thiol groups is 1. The first-order chi connectivity index (χ1) is 5.74. The average molecular weight is 190 g/mol. The van der Waals surface area contributed by atoms with Gasteiger partial charge in [-0.1, -0.05) is 6.92 Å². The van der Waals surface area contributed by atoms with Crippen molar-refractivity contribution in [3.05, 3.63) is 0 Å². The quantitative estimate of drug-likeness (QED) is 0.397. The molecule has 0 spiro atoms. The van der Waals surface area contributed by atoms with Crippen LogP contribution in [0.5, 0.6) is 0 Å². The second kappa shape index (κ2) is 4.72. The molecule has 0 aromatic heterocycles. The minimum Gasteiger partial charge on any atom is -0.463 e. The smallest absolute Gasteiger partial charge is 0.308 e. The fourth-order valence-corrected chi connectivity index (χ4v) is 1.18. The second-order valence-corrected chi connectivity index (χ2v) is 3.45. The van der Waals surface area contributed by atoms with Crippen LogP contribution in [-0.2, 0) is 14.3 Å². The zero-order valence-corrected chi connectivity index (χ0v) is 8.05. The van der Waals surface area contributed by atoms with Gasteiger partial charge < -0.3 is 9.47 Å². The molecule has 1 aliphatic rings. The minimum absolute atomic E-state index is 0.0405. The number of epoxide rings is 1. The monoisotopic (exact) mass is 190 g/mol. The Hall–Kier alpha value is -0.220. The van der Waals surface area contributed by atoms with Crippen molar-refractivity contribution in [1.82, 2.24) is 0 Å². The molecule has 0 aromatic carbocycles. The van der Waals surface area contributed by atoms with Crippen molar-refractivity contribution in [3.63, 3.8) is 0 Å². The maximum Gasteiger partial charge on any atom is 0.308 e. The lowest BCUT2D eigenvalue weighted by atomic mass is 10.1. The van der Waals surface area contributed by atoms with Gasteiger partial charge in [-0.3, -0.25) is 4.79 Å². The third kappa shape index (κ3) is 3.45. The standard InChI is InChI=1S/C8H14O3S/c1-6(2-3-12)8(9)11-5-7-4-10-7/h6-7,12H,2-5H2,1H3. The van der Waals surface area contributed by atoms with Crippen molar-refractivity contribution in [3.8, 4) is 0 Å². The molecule has 12 heavy (non-hydrogen) atoms. The highest BCUT2D eigenvalue weighted by Crippen LogP contribution is 2.11. The van der Waals surface area contributed by atoms with Crippen LogP contribution < -0.4 is 0 Å². The summed E-state index contributed by atoms with van der Waals surface area (Å²) in [6.07, 6.45) is 0.935. The van der Waals surface area contributed by atoms with E-state index in [1.54, 1.807) is 0 Å². The lowest BCUT2D eigenvalue weighted by Gasteiger charge is -2.08. The Morgan fingerprint density at radius 2 is 2.50 bits per heavy atom. The van der Waals surface area contributed by atoms with Crippen LogP contribution in [0.3, 0.4) is 0 Å². The van der Waals surface area contributed by atoms with Gasteiger partial charge in [-0.15, -0.1) is 0 Å². The Morgan fingerprint density at radius 1 is 1.83 bits per heavy atom. The topological polar surface area (TPSA) is 38.8 Å². The van der Waals surface area contributed by atoms with Crippen LogP contribution in [0.2, 0.25) is 0 Å². The molecule has 0 saturated carbocycles. The average Bonchev–Trinajstić information content (AvgIpc) is 2.83. The van der Waals surface area contributed by atoms with E-state index in [9.17, 15) is 4.79 Å². The predicted molar refractivity (Wildman–Crippen MR) is 48.3 cm³/mol. The van der Waals surface area contributed by atoms with E-state index in [1.165, 1.54) is 0 Å². The summed E-state index contributed by atoms with van der Waals surface area (Å²) in [7, 11) is 0. The summed E-state index contributed by atoms with van der Waals surface area (Å²) in [4.78, 5) is 11.2. The van der Waals surface area contributed by atoms with Gasteiger partial charge in [0.2, 0.25) is 0 Å². The van der Waals surface area contributed by atoms with Gasteiger partial charge in [0.1, 0.15) is 12.7 Å². The van der Waals surface area contributed by atoms with Crippen molar-refractivity contribution < 1.29 is 14.3 Å². The SMILES string of the molecule is CC(CCS)C(=O)OCC1CO1. The highest BCUT2D eigenvalue weighted by molar-refractivity contribution is 7.80. The van der Waals surface area contributed by atoms with Crippen LogP contribution in [0.25, 0.3) is 0 Å². The number of hydrogen-bond acceptors (Lipinski definition) is 4. The van der Waals surface area contributed by atoms with E-state index < -0.39 is 0 Å². The number of ether oxygens (including phenoxy) is 2. The molecule has 0 aromatic rings. The van der Waals surface area contributed by atoms with Gasteiger partial charge in [0.05, 0.1) is 12.5 Å². The summed E-state index contributed by atoms with van der Waals surface area (Å²) in [5.74, 6) is 0.539. The van der Waals surface area contributed by atoms with Crippen LogP contribution >= 0.6 is 12.6 Å². The molecule has 3 nitrogen and oxygen atoms in total. The Morgan fingerprint density at radius 3 is 3.00 bits per heavy atom. The maximum absolute atomic E-state index is 11.2. The summed E-state index contributed by atoms with van der Waals surface area (Å²) < 4.78 is 9.89. The van der Waals surface area contributed by atoms with Gasteiger partial charge in [-0.25, -0.2) is 0 Å². The van der Waals surface area contributed by atoms with E-state index in [2.05, 4.69) is 12.6 Å². The van der Waals surface area contributed by atoms with Crippen molar-refractivity contribution in [2.45, 2.75) is 19.4 Å². The highest BCUT2D eigenvalue weighted by atomic mass is 32.1.